The monoisotopic (exact) mass is 340 g/mol. The number of hydrogen-bond donors (Lipinski definition) is 1. The molecule has 0 aromatic heterocycles. The van der Waals surface area contributed by atoms with Crippen LogP contribution in [0.3, 0.4) is 0 Å². The minimum Gasteiger partial charge on any atom is -0.478 e. The summed E-state index contributed by atoms with van der Waals surface area (Å²) >= 11 is 0. The van der Waals surface area contributed by atoms with Crippen LogP contribution in [0.15, 0.2) is 85.2 Å². The van der Waals surface area contributed by atoms with E-state index >= 15 is 0 Å². The molecule has 5 nitrogen and oxygen atoms in total. The number of aliphatic carboxylic acids is 1. The molecule has 0 bridgehead atoms. The predicted octanol–water partition coefficient (Wildman–Crippen LogP) is 3.97. The average molecular weight is 340 g/mol. The molecule has 5 heteroatoms. The lowest BCUT2D eigenvalue weighted by Crippen LogP contribution is -1.99. The molecule has 0 aliphatic rings. The zero-order chi connectivity index (χ0) is 18.5. The van der Waals surface area contributed by atoms with Gasteiger partial charge in [-0.1, -0.05) is 55.1 Å². The van der Waals surface area contributed by atoms with E-state index in [1.165, 1.54) is 13.2 Å². The number of ether oxygens (including phenoxy) is 2. The van der Waals surface area contributed by atoms with E-state index in [0.717, 1.165) is 11.6 Å². The Morgan fingerprint density at radius 3 is 2.12 bits per heavy atom. The number of rotatable bonds is 6. The Balaban J connectivity index is 0.000000251. The molecule has 0 unspecified atom stereocenters. The van der Waals surface area contributed by atoms with Crippen molar-refractivity contribution in [3.63, 3.8) is 0 Å². The lowest BCUT2D eigenvalue weighted by Gasteiger charge is -2.00. The molecular formula is C20H20O5. The molecule has 2 aromatic carbocycles. The summed E-state index contributed by atoms with van der Waals surface area (Å²) in [5, 5.41) is 8.51. The fourth-order valence-electron chi connectivity index (χ4n) is 1.49. The van der Waals surface area contributed by atoms with Crippen LogP contribution in [0.5, 0.6) is 5.75 Å². The van der Waals surface area contributed by atoms with Crippen molar-refractivity contribution in [1.29, 1.82) is 0 Å². The van der Waals surface area contributed by atoms with Crippen LogP contribution in [0.4, 0.5) is 0 Å². The summed E-state index contributed by atoms with van der Waals surface area (Å²) in [6.45, 7) is 5.09. The van der Waals surface area contributed by atoms with Crippen LogP contribution in [0.25, 0.3) is 0 Å². The Morgan fingerprint density at radius 2 is 1.60 bits per heavy atom. The largest absolute Gasteiger partial charge is 0.478 e. The maximum Gasteiger partial charge on any atom is 0.334 e. The summed E-state index contributed by atoms with van der Waals surface area (Å²) in [5.41, 5.74) is 1.15. The predicted molar refractivity (Wildman–Crippen MR) is 94.9 cm³/mol. The van der Waals surface area contributed by atoms with Crippen molar-refractivity contribution in [3.8, 4) is 5.75 Å². The lowest BCUT2D eigenvalue weighted by molar-refractivity contribution is -0.139. The molecule has 2 rings (SSSR count). The summed E-state index contributed by atoms with van der Waals surface area (Å²) < 4.78 is 9.91. The highest BCUT2D eigenvalue weighted by Crippen LogP contribution is 2.09. The van der Waals surface area contributed by atoms with Crippen LogP contribution in [-0.4, -0.2) is 17.0 Å². The van der Waals surface area contributed by atoms with Crippen LogP contribution < -0.4 is 4.74 Å². The Bertz CT molecular complexity index is 705. The number of carbonyl (C=O) groups is 2. The van der Waals surface area contributed by atoms with E-state index in [1.54, 1.807) is 12.1 Å². The number of para-hydroxylation sites is 1. The first-order chi connectivity index (χ1) is 12.0. The quantitative estimate of drug-likeness (QED) is 0.489. The summed E-state index contributed by atoms with van der Waals surface area (Å²) in [6.07, 6.45) is 2.38. The highest BCUT2D eigenvalue weighted by Gasteiger charge is 1.99. The Hall–Kier alpha value is -3.34. The van der Waals surface area contributed by atoms with Crippen LogP contribution in [0.2, 0.25) is 0 Å². The molecule has 25 heavy (non-hydrogen) atoms. The first-order valence-corrected chi connectivity index (χ1v) is 7.47. The first-order valence-electron chi connectivity index (χ1n) is 7.47. The maximum absolute atomic E-state index is 10.6. The lowest BCUT2D eigenvalue weighted by atomic mass is 10.2. The van der Waals surface area contributed by atoms with Gasteiger partial charge < -0.3 is 14.6 Å². The van der Waals surface area contributed by atoms with Crippen molar-refractivity contribution < 1.29 is 24.2 Å². The highest BCUT2D eigenvalue weighted by atomic mass is 16.5. The van der Waals surface area contributed by atoms with E-state index in [-0.39, 0.29) is 11.5 Å². The third-order valence-electron chi connectivity index (χ3n) is 2.84. The second kappa shape index (κ2) is 11.2. The summed E-state index contributed by atoms with van der Waals surface area (Å²) in [6, 6.07) is 18.5. The van der Waals surface area contributed by atoms with Gasteiger partial charge in [-0.25, -0.2) is 9.59 Å². The second-order valence-corrected chi connectivity index (χ2v) is 4.83. The van der Waals surface area contributed by atoms with Crippen LogP contribution in [-0.2, 0) is 20.9 Å². The van der Waals surface area contributed by atoms with Gasteiger partial charge in [0.2, 0.25) is 0 Å². The van der Waals surface area contributed by atoms with Gasteiger partial charge >= 0.3 is 11.9 Å². The van der Waals surface area contributed by atoms with E-state index in [0.29, 0.717) is 12.4 Å². The third kappa shape index (κ3) is 8.76. The van der Waals surface area contributed by atoms with Crippen LogP contribution in [0, 0.1) is 0 Å². The van der Waals surface area contributed by atoms with Crippen molar-refractivity contribution >= 4 is 11.9 Å². The molecule has 0 aliphatic carbocycles. The van der Waals surface area contributed by atoms with Gasteiger partial charge in [0.1, 0.15) is 18.6 Å². The maximum atomic E-state index is 10.6. The Labute approximate surface area is 146 Å². The van der Waals surface area contributed by atoms with Gasteiger partial charge in [-0.15, -0.1) is 0 Å². The zero-order valence-corrected chi connectivity index (χ0v) is 13.9. The molecule has 0 aliphatic heterocycles. The SMILES string of the molecule is C=CC(=O)OCc1ccccc1.CC(=COc1ccccc1)C(=O)O. The number of hydrogen-bond acceptors (Lipinski definition) is 4. The normalized spacial score (nSPS) is 10.0. The van der Waals surface area contributed by atoms with Gasteiger partial charge in [0.25, 0.3) is 0 Å². The standard InChI is InChI=1S/C10H10O3.C10H10O2/c1-8(10(11)12)7-13-9-5-3-2-4-6-9;1-2-10(11)12-8-9-6-4-3-5-7-9/h2-7H,1H3,(H,11,12);2-7H,1,8H2. The molecule has 0 radical (unpaired) electrons. The van der Waals surface area contributed by atoms with Crippen molar-refractivity contribution in [2.75, 3.05) is 0 Å². The van der Waals surface area contributed by atoms with E-state index in [4.69, 9.17) is 14.6 Å². The first kappa shape index (κ1) is 19.7. The van der Waals surface area contributed by atoms with Crippen molar-refractivity contribution in [2.24, 2.45) is 0 Å². The topological polar surface area (TPSA) is 72.8 Å². The summed E-state index contributed by atoms with van der Waals surface area (Å²) in [7, 11) is 0. The molecule has 0 heterocycles. The fraction of sp³-hybridized carbons (Fsp3) is 0.100. The molecule has 0 atom stereocenters. The summed E-state index contributed by atoms with van der Waals surface area (Å²) in [5.74, 6) is -0.738. The van der Waals surface area contributed by atoms with Crippen molar-refractivity contribution in [3.05, 3.63) is 90.7 Å². The zero-order valence-electron chi connectivity index (χ0n) is 13.9. The van der Waals surface area contributed by atoms with Gasteiger partial charge in [0.05, 0.1) is 5.57 Å². The van der Waals surface area contributed by atoms with E-state index in [9.17, 15) is 9.59 Å². The minimum absolute atomic E-state index is 0.170. The van der Waals surface area contributed by atoms with Gasteiger partial charge in [0.15, 0.2) is 0 Å². The fourth-order valence-corrected chi connectivity index (χ4v) is 1.49. The Morgan fingerprint density at radius 1 is 1.04 bits per heavy atom. The van der Waals surface area contributed by atoms with E-state index in [2.05, 4.69) is 6.58 Å². The number of carbonyl (C=O) groups excluding carboxylic acids is 1. The molecule has 2 aromatic rings. The number of esters is 1. The average Bonchev–Trinajstić information content (AvgIpc) is 2.66. The minimum atomic E-state index is -0.976. The van der Waals surface area contributed by atoms with E-state index < -0.39 is 5.97 Å². The van der Waals surface area contributed by atoms with Crippen LogP contribution in [0.1, 0.15) is 12.5 Å². The molecular weight excluding hydrogens is 320 g/mol. The van der Waals surface area contributed by atoms with Gasteiger partial charge in [-0.2, -0.15) is 0 Å². The van der Waals surface area contributed by atoms with Crippen LogP contribution >= 0.6 is 0 Å². The molecule has 0 saturated heterocycles. The molecule has 1 N–H and O–H groups in total. The molecule has 0 spiro atoms. The second-order valence-electron chi connectivity index (χ2n) is 4.83. The molecule has 130 valence electrons. The third-order valence-corrected chi connectivity index (χ3v) is 2.84. The molecule has 0 fully saturated rings. The van der Waals surface area contributed by atoms with Crippen molar-refractivity contribution in [1.82, 2.24) is 0 Å². The summed E-state index contributed by atoms with van der Waals surface area (Å²) in [4.78, 5) is 21.0. The van der Waals surface area contributed by atoms with Crippen molar-refractivity contribution in [2.45, 2.75) is 13.5 Å². The van der Waals surface area contributed by atoms with Gasteiger partial charge in [0, 0.05) is 6.08 Å². The molecule has 0 amide bonds. The number of benzene rings is 2. The van der Waals surface area contributed by atoms with Gasteiger partial charge in [-0.05, 0) is 24.6 Å². The number of carboxylic acid groups (broad SMARTS) is 1. The smallest absolute Gasteiger partial charge is 0.334 e. The van der Waals surface area contributed by atoms with E-state index in [1.807, 2.05) is 48.5 Å². The Kier molecular flexibility index (Phi) is 8.86. The van der Waals surface area contributed by atoms with Gasteiger partial charge in [-0.3, -0.25) is 0 Å². The molecule has 0 saturated carbocycles. The highest BCUT2D eigenvalue weighted by molar-refractivity contribution is 5.85. The number of carboxylic acids is 1.